The number of carbonyl (C=O) groups is 1. The molecule has 1 atom stereocenters. The molecular formula is C12H15N5O3. The summed E-state index contributed by atoms with van der Waals surface area (Å²) < 4.78 is 1.35. The van der Waals surface area contributed by atoms with Gasteiger partial charge in [-0.1, -0.05) is 17.3 Å². The molecule has 0 unspecified atom stereocenters. The molecule has 1 amide bonds. The van der Waals surface area contributed by atoms with Crippen LogP contribution in [0, 0.1) is 0 Å². The summed E-state index contributed by atoms with van der Waals surface area (Å²) >= 11 is 0. The number of aromatic nitrogens is 3. The highest BCUT2D eigenvalue weighted by molar-refractivity contribution is 5.79. The highest BCUT2D eigenvalue weighted by Crippen LogP contribution is 2.17. The lowest BCUT2D eigenvalue weighted by Crippen LogP contribution is -2.32. The van der Waals surface area contributed by atoms with Crippen molar-refractivity contribution in [3.05, 3.63) is 41.7 Å². The second-order valence-corrected chi connectivity index (χ2v) is 4.26. The SMILES string of the molecule is NCc1cn([C@@H](Cc2ccc(O)cc2)C(=O)NO)nn1. The van der Waals surface area contributed by atoms with Gasteiger partial charge in [0.25, 0.3) is 5.91 Å². The van der Waals surface area contributed by atoms with E-state index in [1.165, 1.54) is 16.8 Å². The molecule has 0 aliphatic rings. The summed E-state index contributed by atoms with van der Waals surface area (Å²) in [4.78, 5) is 11.8. The van der Waals surface area contributed by atoms with Crippen LogP contribution in [0.1, 0.15) is 17.3 Å². The molecule has 20 heavy (non-hydrogen) atoms. The Morgan fingerprint density at radius 2 is 2.10 bits per heavy atom. The molecule has 1 aromatic carbocycles. The van der Waals surface area contributed by atoms with E-state index >= 15 is 0 Å². The molecule has 0 saturated heterocycles. The fraction of sp³-hybridized carbons (Fsp3) is 0.250. The molecule has 0 spiro atoms. The van der Waals surface area contributed by atoms with Crippen LogP contribution in [0.15, 0.2) is 30.5 Å². The summed E-state index contributed by atoms with van der Waals surface area (Å²) in [7, 11) is 0. The maximum absolute atomic E-state index is 11.8. The first-order valence-electron chi connectivity index (χ1n) is 5.96. The lowest BCUT2D eigenvalue weighted by Gasteiger charge is -2.14. The Morgan fingerprint density at radius 3 is 2.65 bits per heavy atom. The number of phenols is 1. The predicted octanol–water partition coefficient (Wildman–Crippen LogP) is -0.268. The van der Waals surface area contributed by atoms with Crippen molar-refractivity contribution in [1.82, 2.24) is 20.5 Å². The molecule has 0 saturated carbocycles. The highest BCUT2D eigenvalue weighted by atomic mass is 16.5. The number of aromatic hydroxyl groups is 1. The number of benzene rings is 1. The zero-order valence-corrected chi connectivity index (χ0v) is 10.6. The molecule has 8 heteroatoms. The van der Waals surface area contributed by atoms with Crippen LogP contribution in [0.2, 0.25) is 0 Å². The quantitative estimate of drug-likeness (QED) is 0.440. The van der Waals surface area contributed by atoms with E-state index in [4.69, 9.17) is 10.9 Å². The zero-order chi connectivity index (χ0) is 14.5. The zero-order valence-electron chi connectivity index (χ0n) is 10.6. The molecule has 1 heterocycles. The molecule has 1 aromatic heterocycles. The molecular weight excluding hydrogens is 262 g/mol. The van der Waals surface area contributed by atoms with E-state index in [0.29, 0.717) is 12.1 Å². The maximum atomic E-state index is 11.8. The summed E-state index contributed by atoms with van der Waals surface area (Å²) in [5.74, 6) is -0.463. The van der Waals surface area contributed by atoms with Crippen molar-refractivity contribution >= 4 is 5.91 Å². The van der Waals surface area contributed by atoms with Crippen LogP contribution in [0.5, 0.6) is 5.75 Å². The van der Waals surface area contributed by atoms with Gasteiger partial charge in [0.2, 0.25) is 0 Å². The number of carbonyl (C=O) groups excluding carboxylic acids is 1. The number of amides is 1. The molecule has 0 aliphatic heterocycles. The molecule has 0 bridgehead atoms. The first-order valence-corrected chi connectivity index (χ1v) is 5.96. The second-order valence-electron chi connectivity index (χ2n) is 4.26. The standard InChI is InChI=1S/C12H15N5O3/c13-6-9-7-17(16-14-9)11(12(19)15-20)5-8-1-3-10(18)4-2-8/h1-4,7,11,18,20H,5-6,13H2,(H,15,19)/t11-/m0/s1. The van der Waals surface area contributed by atoms with Crippen LogP contribution in [0.3, 0.4) is 0 Å². The summed E-state index contributed by atoms with van der Waals surface area (Å²) in [6.45, 7) is 0.215. The number of nitrogens with one attached hydrogen (secondary N) is 1. The van der Waals surface area contributed by atoms with Crippen molar-refractivity contribution in [2.24, 2.45) is 5.73 Å². The Morgan fingerprint density at radius 1 is 1.40 bits per heavy atom. The number of rotatable bonds is 5. The van der Waals surface area contributed by atoms with Gasteiger partial charge < -0.3 is 10.8 Å². The summed E-state index contributed by atoms with van der Waals surface area (Å²) in [5.41, 5.74) is 8.42. The third-order valence-electron chi connectivity index (χ3n) is 2.86. The number of nitrogens with zero attached hydrogens (tertiary/aromatic N) is 3. The molecule has 106 valence electrons. The summed E-state index contributed by atoms with van der Waals surface area (Å²) in [5, 5.41) is 25.7. The van der Waals surface area contributed by atoms with E-state index in [9.17, 15) is 9.90 Å². The Labute approximate surface area is 114 Å². The average molecular weight is 277 g/mol. The van der Waals surface area contributed by atoms with Crippen molar-refractivity contribution in [2.75, 3.05) is 0 Å². The number of hydrogen-bond acceptors (Lipinski definition) is 6. The minimum Gasteiger partial charge on any atom is -0.508 e. The lowest BCUT2D eigenvalue weighted by atomic mass is 10.1. The topological polar surface area (TPSA) is 126 Å². The molecule has 2 rings (SSSR count). The monoisotopic (exact) mass is 277 g/mol. The van der Waals surface area contributed by atoms with Gasteiger partial charge in [0.15, 0.2) is 0 Å². The Bertz CT molecular complexity index is 581. The fourth-order valence-electron chi connectivity index (χ4n) is 1.80. The minimum absolute atomic E-state index is 0.142. The third-order valence-corrected chi connectivity index (χ3v) is 2.86. The molecule has 2 aromatic rings. The maximum Gasteiger partial charge on any atom is 0.268 e. The van der Waals surface area contributed by atoms with Crippen LogP contribution in [-0.2, 0) is 17.8 Å². The molecule has 0 radical (unpaired) electrons. The number of hydrogen-bond donors (Lipinski definition) is 4. The fourth-order valence-corrected chi connectivity index (χ4v) is 1.80. The van der Waals surface area contributed by atoms with Gasteiger partial charge in [0.05, 0.1) is 11.9 Å². The number of phenolic OH excluding ortho intramolecular Hbond substituents is 1. The summed E-state index contributed by atoms with van der Waals surface area (Å²) in [6, 6.07) is 5.67. The first kappa shape index (κ1) is 14.0. The van der Waals surface area contributed by atoms with E-state index in [2.05, 4.69) is 10.3 Å². The molecule has 8 nitrogen and oxygen atoms in total. The average Bonchev–Trinajstić information content (AvgIpc) is 2.94. The van der Waals surface area contributed by atoms with E-state index in [1.807, 2.05) is 0 Å². The number of nitrogens with two attached hydrogens (primary N) is 1. The van der Waals surface area contributed by atoms with Crippen LogP contribution >= 0.6 is 0 Å². The van der Waals surface area contributed by atoms with Gasteiger partial charge in [0, 0.05) is 13.0 Å². The Hall–Kier alpha value is -2.45. The smallest absolute Gasteiger partial charge is 0.268 e. The van der Waals surface area contributed by atoms with Crippen LogP contribution < -0.4 is 11.2 Å². The van der Waals surface area contributed by atoms with Gasteiger partial charge in [-0.25, -0.2) is 10.2 Å². The van der Waals surface area contributed by atoms with Crippen LogP contribution in [0.25, 0.3) is 0 Å². The van der Waals surface area contributed by atoms with Gasteiger partial charge in [-0.05, 0) is 17.7 Å². The molecule has 0 fully saturated rings. The van der Waals surface area contributed by atoms with Crippen molar-refractivity contribution in [2.45, 2.75) is 19.0 Å². The van der Waals surface area contributed by atoms with Gasteiger partial charge >= 0.3 is 0 Å². The van der Waals surface area contributed by atoms with E-state index in [-0.39, 0.29) is 12.3 Å². The van der Waals surface area contributed by atoms with Crippen LogP contribution in [-0.4, -0.2) is 31.2 Å². The van der Waals surface area contributed by atoms with Gasteiger partial charge in [-0.2, -0.15) is 0 Å². The third kappa shape index (κ3) is 3.11. The van der Waals surface area contributed by atoms with Crippen molar-refractivity contribution < 1.29 is 15.1 Å². The van der Waals surface area contributed by atoms with E-state index in [0.717, 1.165) is 5.56 Å². The van der Waals surface area contributed by atoms with E-state index in [1.54, 1.807) is 23.8 Å². The normalized spacial score (nSPS) is 12.1. The van der Waals surface area contributed by atoms with Crippen molar-refractivity contribution in [1.29, 1.82) is 0 Å². The van der Waals surface area contributed by atoms with Crippen molar-refractivity contribution in [3.8, 4) is 5.75 Å². The van der Waals surface area contributed by atoms with Crippen molar-refractivity contribution in [3.63, 3.8) is 0 Å². The highest BCUT2D eigenvalue weighted by Gasteiger charge is 2.22. The van der Waals surface area contributed by atoms with Gasteiger partial charge in [0.1, 0.15) is 11.8 Å². The molecule has 5 N–H and O–H groups in total. The first-order chi connectivity index (χ1) is 9.63. The van der Waals surface area contributed by atoms with Gasteiger partial charge in [-0.15, -0.1) is 5.10 Å². The minimum atomic E-state index is -0.752. The molecule has 0 aliphatic carbocycles. The van der Waals surface area contributed by atoms with E-state index < -0.39 is 11.9 Å². The lowest BCUT2D eigenvalue weighted by molar-refractivity contribution is -0.133. The summed E-state index contributed by atoms with van der Waals surface area (Å²) in [6.07, 6.45) is 1.85. The van der Waals surface area contributed by atoms with Crippen LogP contribution in [0.4, 0.5) is 0 Å². The largest absolute Gasteiger partial charge is 0.508 e. The predicted molar refractivity (Wildman–Crippen MR) is 68.7 cm³/mol. The Balaban J connectivity index is 2.23. The van der Waals surface area contributed by atoms with Gasteiger partial charge in [-0.3, -0.25) is 10.0 Å². The number of hydroxylamine groups is 1. The Kier molecular flexibility index (Phi) is 4.28. The second kappa shape index (κ2) is 6.13.